The van der Waals surface area contributed by atoms with Crippen molar-refractivity contribution >= 4 is 11.6 Å². The normalized spacial score (nSPS) is 15.2. The zero-order valence-electron chi connectivity index (χ0n) is 16.0. The van der Waals surface area contributed by atoms with E-state index < -0.39 is 0 Å². The maximum Gasteiger partial charge on any atom is 0.238 e. The first-order valence-electron chi connectivity index (χ1n) is 9.66. The first kappa shape index (κ1) is 19.1. The van der Waals surface area contributed by atoms with Gasteiger partial charge in [-0.1, -0.05) is 6.07 Å². The standard InChI is InChI=1S/C22H22FN5O/c23-19-2-4-20(5-3-19)27-22(29)14-28-9-7-16(8-10-28)21-6-1-17(13-26-21)18-11-24-15-25-12-18/h1-6,11-13,15-16H,7-10,14H2,(H,27,29). The summed E-state index contributed by atoms with van der Waals surface area (Å²) in [6, 6.07) is 9.94. The third-order valence-electron chi connectivity index (χ3n) is 5.18. The second-order valence-electron chi connectivity index (χ2n) is 7.20. The van der Waals surface area contributed by atoms with E-state index in [2.05, 4.69) is 37.3 Å². The molecule has 0 saturated carbocycles. The second kappa shape index (κ2) is 8.87. The van der Waals surface area contributed by atoms with E-state index in [1.54, 1.807) is 24.5 Å². The van der Waals surface area contributed by atoms with E-state index in [0.29, 0.717) is 18.2 Å². The predicted octanol–water partition coefficient (Wildman–Crippen LogP) is 3.50. The lowest BCUT2D eigenvalue weighted by Gasteiger charge is -2.31. The highest BCUT2D eigenvalue weighted by Crippen LogP contribution is 2.28. The minimum Gasteiger partial charge on any atom is -0.325 e. The summed E-state index contributed by atoms with van der Waals surface area (Å²) in [6.07, 6.45) is 8.86. The molecule has 7 heteroatoms. The van der Waals surface area contributed by atoms with E-state index in [1.807, 2.05) is 6.20 Å². The van der Waals surface area contributed by atoms with Crippen LogP contribution in [0.2, 0.25) is 0 Å². The van der Waals surface area contributed by atoms with Gasteiger partial charge in [-0.3, -0.25) is 14.7 Å². The number of benzene rings is 1. The highest BCUT2D eigenvalue weighted by atomic mass is 19.1. The van der Waals surface area contributed by atoms with Gasteiger partial charge in [0, 0.05) is 47.0 Å². The molecule has 4 rings (SSSR count). The van der Waals surface area contributed by atoms with Crippen LogP contribution in [0.1, 0.15) is 24.5 Å². The summed E-state index contributed by atoms with van der Waals surface area (Å²) >= 11 is 0. The molecule has 3 heterocycles. The van der Waals surface area contributed by atoms with E-state index in [4.69, 9.17) is 0 Å². The molecule has 0 spiro atoms. The van der Waals surface area contributed by atoms with Crippen LogP contribution in [0.15, 0.2) is 61.3 Å². The molecule has 1 N–H and O–H groups in total. The van der Waals surface area contributed by atoms with Crippen LogP contribution < -0.4 is 5.32 Å². The van der Waals surface area contributed by atoms with Gasteiger partial charge in [0.25, 0.3) is 0 Å². The molecule has 0 aliphatic carbocycles. The topological polar surface area (TPSA) is 71.0 Å². The van der Waals surface area contributed by atoms with Crippen LogP contribution in [0.5, 0.6) is 0 Å². The Morgan fingerprint density at radius 2 is 1.72 bits per heavy atom. The van der Waals surface area contributed by atoms with Crippen LogP contribution in [0.25, 0.3) is 11.1 Å². The highest BCUT2D eigenvalue weighted by molar-refractivity contribution is 5.92. The first-order valence-corrected chi connectivity index (χ1v) is 9.66. The minimum absolute atomic E-state index is 0.0809. The molecule has 0 unspecified atom stereocenters. The molecule has 0 atom stereocenters. The Morgan fingerprint density at radius 3 is 2.38 bits per heavy atom. The fourth-order valence-electron chi connectivity index (χ4n) is 3.59. The fraction of sp³-hybridized carbons (Fsp3) is 0.273. The van der Waals surface area contributed by atoms with Gasteiger partial charge in [0.1, 0.15) is 12.1 Å². The molecule has 0 bridgehead atoms. The van der Waals surface area contributed by atoms with Gasteiger partial charge in [-0.15, -0.1) is 0 Å². The van der Waals surface area contributed by atoms with Gasteiger partial charge >= 0.3 is 0 Å². The van der Waals surface area contributed by atoms with E-state index in [1.165, 1.54) is 18.5 Å². The van der Waals surface area contributed by atoms with Crippen molar-refractivity contribution in [3.63, 3.8) is 0 Å². The molecule has 1 aliphatic heterocycles. The third kappa shape index (κ3) is 5.00. The van der Waals surface area contributed by atoms with Crippen molar-refractivity contribution in [2.75, 3.05) is 25.0 Å². The molecule has 6 nitrogen and oxygen atoms in total. The van der Waals surface area contributed by atoms with Gasteiger partial charge in [0.15, 0.2) is 0 Å². The number of aromatic nitrogens is 3. The van der Waals surface area contributed by atoms with Crippen LogP contribution in [-0.2, 0) is 4.79 Å². The molecule has 3 aromatic rings. The summed E-state index contributed by atoms with van der Waals surface area (Å²) in [4.78, 5) is 27.1. The molecule has 29 heavy (non-hydrogen) atoms. The number of rotatable bonds is 5. The smallest absolute Gasteiger partial charge is 0.238 e. The van der Waals surface area contributed by atoms with E-state index in [-0.39, 0.29) is 11.7 Å². The first-order chi connectivity index (χ1) is 14.2. The van der Waals surface area contributed by atoms with Gasteiger partial charge in [-0.05, 0) is 56.3 Å². The van der Waals surface area contributed by atoms with Gasteiger partial charge in [0.2, 0.25) is 5.91 Å². The molecule has 1 aromatic carbocycles. The number of carbonyl (C=O) groups is 1. The summed E-state index contributed by atoms with van der Waals surface area (Å²) in [5, 5.41) is 2.81. The number of carbonyl (C=O) groups excluding carboxylic acids is 1. The number of nitrogens with one attached hydrogen (secondary N) is 1. The highest BCUT2D eigenvalue weighted by Gasteiger charge is 2.23. The van der Waals surface area contributed by atoms with Crippen molar-refractivity contribution in [2.45, 2.75) is 18.8 Å². The van der Waals surface area contributed by atoms with Crippen LogP contribution in [0.4, 0.5) is 10.1 Å². The zero-order valence-corrected chi connectivity index (χ0v) is 16.0. The Kier molecular flexibility index (Phi) is 5.86. The Morgan fingerprint density at radius 1 is 1.00 bits per heavy atom. The number of pyridine rings is 1. The minimum atomic E-state index is -0.316. The molecular formula is C22H22FN5O. The average molecular weight is 391 g/mol. The summed E-state index contributed by atoms with van der Waals surface area (Å²) in [6.45, 7) is 2.03. The lowest BCUT2D eigenvalue weighted by Crippen LogP contribution is -2.38. The SMILES string of the molecule is O=C(CN1CCC(c2ccc(-c3cncnc3)cn2)CC1)Nc1ccc(F)cc1. The molecule has 1 fully saturated rings. The van der Waals surface area contributed by atoms with Crippen molar-refractivity contribution in [1.29, 1.82) is 0 Å². The second-order valence-corrected chi connectivity index (χ2v) is 7.20. The molecule has 1 amide bonds. The third-order valence-corrected chi connectivity index (χ3v) is 5.18. The maximum atomic E-state index is 13.0. The number of hydrogen-bond acceptors (Lipinski definition) is 5. The average Bonchev–Trinajstić information content (AvgIpc) is 2.77. The van der Waals surface area contributed by atoms with Crippen molar-refractivity contribution < 1.29 is 9.18 Å². The number of nitrogens with zero attached hydrogens (tertiary/aromatic N) is 4. The maximum absolute atomic E-state index is 13.0. The number of likely N-dealkylation sites (tertiary alicyclic amines) is 1. The monoisotopic (exact) mass is 391 g/mol. The van der Waals surface area contributed by atoms with E-state index >= 15 is 0 Å². The van der Waals surface area contributed by atoms with E-state index in [9.17, 15) is 9.18 Å². The van der Waals surface area contributed by atoms with Crippen LogP contribution in [0, 0.1) is 5.82 Å². The quantitative estimate of drug-likeness (QED) is 0.721. The van der Waals surface area contributed by atoms with Gasteiger partial charge < -0.3 is 5.32 Å². The largest absolute Gasteiger partial charge is 0.325 e. The van der Waals surface area contributed by atoms with Crippen molar-refractivity contribution in [1.82, 2.24) is 19.9 Å². The zero-order chi connectivity index (χ0) is 20.1. The lowest BCUT2D eigenvalue weighted by molar-refractivity contribution is -0.117. The molecular weight excluding hydrogens is 369 g/mol. The number of piperidine rings is 1. The number of hydrogen-bond donors (Lipinski definition) is 1. The molecule has 1 aliphatic rings. The predicted molar refractivity (Wildman–Crippen MR) is 109 cm³/mol. The summed E-state index contributed by atoms with van der Waals surface area (Å²) in [5.41, 5.74) is 3.65. The van der Waals surface area contributed by atoms with Gasteiger partial charge in [-0.2, -0.15) is 0 Å². The van der Waals surface area contributed by atoms with Crippen LogP contribution in [-0.4, -0.2) is 45.4 Å². The molecule has 0 radical (unpaired) electrons. The van der Waals surface area contributed by atoms with Crippen molar-refractivity contribution in [3.05, 3.63) is 72.8 Å². The number of anilines is 1. The van der Waals surface area contributed by atoms with Crippen molar-refractivity contribution in [3.8, 4) is 11.1 Å². The van der Waals surface area contributed by atoms with Crippen LogP contribution in [0.3, 0.4) is 0 Å². The number of amides is 1. The summed E-state index contributed by atoms with van der Waals surface area (Å²) in [7, 11) is 0. The fourth-order valence-corrected chi connectivity index (χ4v) is 3.59. The van der Waals surface area contributed by atoms with Crippen molar-refractivity contribution in [2.24, 2.45) is 0 Å². The number of halogens is 1. The molecule has 1 saturated heterocycles. The Hall–Kier alpha value is -3.19. The Bertz CT molecular complexity index is 939. The Labute approximate surface area is 168 Å². The molecule has 2 aromatic heterocycles. The van der Waals surface area contributed by atoms with E-state index in [0.717, 1.165) is 42.8 Å². The molecule has 148 valence electrons. The lowest BCUT2D eigenvalue weighted by atomic mass is 9.92. The van der Waals surface area contributed by atoms with Gasteiger partial charge in [0.05, 0.1) is 6.54 Å². The Balaban J connectivity index is 1.28. The van der Waals surface area contributed by atoms with Gasteiger partial charge in [-0.25, -0.2) is 14.4 Å². The van der Waals surface area contributed by atoms with Crippen LogP contribution >= 0.6 is 0 Å². The summed E-state index contributed by atoms with van der Waals surface area (Å²) < 4.78 is 13.0. The summed E-state index contributed by atoms with van der Waals surface area (Å²) in [5.74, 6) is -0.00101.